The van der Waals surface area contributed by atoms with Gasteiger partial charge in [0.2, 0.25) is 5.91 Å². The van der Waals surface area contributed by atoms with Crippen molar-refractivity contribution in [2.45, 2.75) is 25.9 Å². The molecule has 0 aromatic heterocycles. The topological polar surface area (TPSA) is 64.8 Å². The molecule has 0 bridgehead atoms. The van der Waals surface area contributed by atoms with Gasteiger partial charge in [0.1, 0.15) is 6.61 Å². The van der Waals surface area contributed by atoms with Crippen LogP contribution >= 0.6 is 0 Å². The zero-order chi connectivity index (χ0) is 14.9. The van der Waals surface area contributed by atoms with Crippen molar-refractivity contribution in [2.24, 2.45) is 11.1 Å². The standard InChI is InChI=1S/C16H22N2O3/c1-2-18(15(19)16(11-17)7-8-16)9-12-10-20-13-5-3-4-6-14(13)21-12/h3-6,12H,2,7-11,17H2,1H3. The molecular formula is C16H22N2O3. The second kappa shape index (κ2) is 5.56. The predicted molar refractivity (Wildman–Crippen MR) is 79.3 cm³/mol. The first-order valence-electron chi connectivity index (χ1n) is 7.56. The van der Waals surface area contributed by atoms with Crippen LogP contribution in [0.3, 0.4) is 0 Å². The van der Waals surface area contributed by atoms with Gasteiger partial charge in [-0.15, -0.1) is 0 Å². The van der Waals surface area contributed by atoms with Gasteiger partial charge in [0.05, 0.1) is 12.0 Å². The van der Waals surface area contributed by atoms with E-state index in [9.17, 15) is 4.79 Å². The van der Waals surface area contributed by atoms with E-state index in [-0.39, 0.29) is 17.4 Å². The second-order valence-electron chi connectivity index (χ2n) is 5.83. The number of hydrogen-bond acceptors (Lipinski definition) is 4. The average molecular weight is 290 g/mol. The summed E-state index contributed by atoms with van der Waals surface area (Å²) in [6.07, 6.45) is 1.69. The van der Waals surface area contributed by atoms with E-state index < -0.39 is 0 Å². The van der Waals surface area contributed by atoms with Gasteiger partial charge in [-0.3, -0.25) is 4.79 Å². The highest BCUT2D eigenvalue weighted by atomic mass is 16.6. The number of carbonyl (C=O) groups excluding carboxylic acids is 1. The molecule has 3 rings (SSSR count). The molecule has 1 aliphatic carbocycles. The lowest BCUT2D eigenvalue weighted by molar-refractivity contribution is -0.138. The van der Waals surface area contributed by atoms with Crippen LogP contribution in [0.4, 0.5) is 0 Å². The molecule has 21 heavy (non-hydrogen) atoms. The zero-order valence-corrected chi connectivity index (χ0v) is 12.4. The third-order valence-corrected chi connectivity index (χ3v) is 4.36. The van der Waals surface area contributed by atoms with Crippen molar-refractivity contribution in [1.82, 2.24) is 4.90 Å². The van der Waals surface area contributed by atoms with Gasteiger partial charge >= 0.3 is 0 Å². The summed E-state index contributed by atoms with van der Waals surface area (Å²) < 4.78 is 11.6. The van der Waals surface area contributed by atoms with Crippen molar-refractivity contribution in [3.8, 4) is 11.5 Å². The maximum absolute atomic E-state index is 12.6. The molecular weight excluding hydrogens is 268 g/mol. The molecule has 1 fully saturated rings. The quantitative estimate of drug-likeness (QED) is 0.890. The van der Waals surface area contributed by atoms with Gasteiger partial charge in [0, 0.05) is 13.1 Å². The molecule has 0 spiro atoms. The number of nitrogens with two attached hydrogens (primary N) is 1. The predicted octanol–water partition coefficient (Wildman–Crippen LogP) is 1.41. The fourth-order valence-corrected chi connectivity index (χ4v) is 2.75. The fraction of sp³-hybridized carbons (Fsp3) is 0.562. The molecule has 1 heterocycles. The largest absolute Gasteiger partial charge is 0.486 e. The number of amides is 1. The van der Waals surface area contributed by atoms with Crippen molar-refractivity contribution < 1.29 is 14.3 Å². The molecule has 1 aliphatic heterocycles. The highest BCUT2D eigenvalue weighted by Gasteiger charge is 2.50. The maximum Gasteiger partial charge on any atom is 0.230 e. The lowest BCUT2D eigenvalue weighted by Crippen LogP contribution is -2.47. The van der Waals surface area contributed by atoms with Gasteiger partial charge in [0.25, 0.3) is 0 Å². The van der Waals surface area contributed by atoms with Crippen molar-refractivity contribution in [3.05, 3.63) is 24.3 Å². The summed E-state index contributed by atoms with van der Waals surface area (Å²) >= 11 is 0. The number of benzene rings is 1. The minimum Gasteiger partial charge on any atom is -0.486 e. The van der Waals surface area contributed by atoms with Crippen LogP contribution in [0.2, 0.25) is 0 Å². The van der Waals surface area contributed by atoms with Crippen molar-refractivity contribution in [3.63, 3.8) is 0 Å². The molecule has 1 amide bonds. The Hall–Kier alpha value is -1.75. The summed E-state index contributed by atoms with van der Waals surface area (Å²) in [6, 6.07) is 7.62. The third-order valence-electron chi connectivity index (χ3n) is 4.36. The SMILES string of the molecule is CCN(CC1COc2ccccc2O1)C(=O)C1(CN)CC1. The maximum atomic E-state index is 12.6. The first-order valence-corrected chi connectivity index (χ1v) is 7.56. The van der Waals surface area contributed by atoms with Gasteiger partial charge in [-0.05, 0) is 31.9 Å². The molecule has 2 aliphatic rings. The minimum absolute atomic E-state index is 0.127. The Balaban J connectivity index is 1.64. The summed E-state index contributed by atoms with van der Waals surface area (Å²) in [5, 5.41) is 0. The normalized spacial score (nSPS) is 21.7. The number of rotatable bonds is 5. The fourth-order valence-electron chi connectivity index (χ4n) is 2.75. The summed E-state index contributed by atoms with van der Waals surface area (Å²) in [7, 11) is 0. The van der Waals surface area contributed by atoms with Crippen molar-refractivity contribution >= 4 is 5.91 Å². The lowest BCUT2D eigenvalue weighted by atomic mass is 10.1. The zero-order valence-electron chi connectivity index (χ0n) is 12.4. The molecule has 1 aromatic carbocycles. The van der Waals surface area contributed by atoms with E-state index in [1.54, 1.807) is 0 Å². The van der Waals surface area contributed by atoms with Gasteiger partial charge < -0.3 is 20.1 Å². The summed E-state index contributed by atoms with van der Waals surface area (Å²) in [4.78, 5) is 14.4. The lowest BCUT2D eigenvalue weighted by Gasteiger charge is -2.32. The summed E-state index contributed by atoms with van der Waals surface area (Å²) in [6.45, 7) is 4.11. The van der Waals surface area contributed by atoms with Crippen LogP contribution in [0.5, 0.6) is 11.5 Å². The Bertz CT molecular complexity index is 528. The third kappa shape index (κ3) is 2.70. The van der Waals surface area contributed by atoms with E-state index in [4.69, 9.17) is 15.2 Å². The van der Waals surface area contributed by atoms with Crippen LogP contribution in [-0.4, -0.2) is 43.2 Å². The Kier molecular flexibility index (Phi) is 3.76. The van der Waals surface area contributed by atoms with E-state index in [1.165, 1.54) is 0 Å². The molecule has 1 unspecified atom stereocenters. The number of hydrogen-bond donors (Lipinski definition) is 1. The van der Waals surface area contributed by atoms with Gasteiger partial charge in [-0.2, -0.15) is 0 Å². The highest BCUT2D eigenvalue weighted by Crippen LogP contribution is 2.46. The van der Waals surface area contributed by atoms with E-state index in [0.29, 0.717) is 26.2 Å². The Labute approximate surface area is 125 Å². The number of fused-ring (bicyclic) bond motifs is 1. The second-order valence-corrected chi connectivity index (χ2v) is 5.83. The van der Waals surface area contributed by atoms with Crippen LogP contribution in [0, 0.1) is 5.41 Å². The Morgan fingerprint density at radius 2 is 2.10 bits per heavy atom. The smallest absolute Gasteiger partial charge is 0.230 e. The molecule has 5 heteroatoms. The molecule has 2 N–H and O–H groups in total. The van der Waals surface area contributed by atoms with E-state index in [0.717, 1.165) is 24.3 Å². The Morgan fingerprint density at radius 3 is 2.71 bits per heavy atom. The summed E-state index contributed by atoms with van der Waals surface area (Å²) in [5.41, 5.74) is 5.45. The van der Waals surface area contributed by atoms with Crippen molar-refractivity contribution in [1.29, 1.82) is 0 Å². The van der Waals surface area contributed by atoms with E-state index >= 15 is 0 Å². The van der Waals surface area contributed by atoms with Crippen molar-refractivity contribution in [2.75, 3.05) is 26.2 Å². The molecule has 0 saturated heterocycles. The van der Waals surface area contributed by atoms with Crippen LogP contribution in [-0.2, 0) is 4.79 Å². The van der Waals surface area contributed by atoms with E-state index in [1.807, 2.05) is 36.1 Å². The molecule has 114 valence electrons. The van der Waals surface area contributed by atoms with Crippen LogP contribution in [0.1, 0.15) is 19.8 Å². The first kappa shape index (κ1) is 14.2. The number of nitrogens with zero attached hydrogens (tertiary/aromatic N) is 1. The molecule has 1 saturated carbocycles. The van der Waals surface area contributed by atoms with Crippen LogP contribution in [0.15, 0.2) is 24.3 Å². The number of likely N-dealkylation sites (N-methyl/N-ethyl adjacent to an activating group) is 1. The average Bonchev–Trinajstić information content (AvgIpc) is 3.33. The monoisotopic (exact) mass is 290 g/mol. The molecule has 1 atom stereocenters. The minimum atomic E-state index is -0.302. The first-order chi connectivity index (χ1) is 10.2. The van der Waals surface area contributed by atoms with Crippen LogP contribution in [0.25, 0.3) is 0 Å². The molecule has 5 nitrogen and oxygen atoms in total. The molecule has 0 radical (unpaired) electrons. The summed E-state index contributed by atoms with van der Waals surface area (Å²) in [5.74, 6) is 1.68. The van der Waals surface area contributed by atoms with Gasteiger partial charge in [-0.1, -0.05) is 12.1 Å². The highest BCUT2D eigenvalue weighted by molar-refractivity contribution is 5.85. The number of ether oxygens (including phenoxy) is 2. The number of para-hydroxylation sites is 2. The van der Waals surface area contributed by atoms with Gasteiger partial charge in [0.15, 0.2) is 17.6 Å². The number of carbonyl (C=O) groups is 1. The van der Waals surface area contributed by atoms with E-state index in [2.05, 4.69) is 0 Å². The van der Waals surface area contributed by atoms with Gasteiger partial charge in [-0.25, -0.2) is 0 Å². The molecule has 1 aromatic rings. The Morgan fingerprint density at radius 1 is 1.38 bits per heavy atom. The van der Waals surface area contributed by atoms with Crippen LogP contribution < -0.4 is 15.2 Å².